The van der Waals surface area contributed by atoms with Gasteiger partial charge in [-0.25, -0.2) is 17.6 Å². The van der Waals surface area contributed by atoms with Crippen molar-refractivity contribution in [3.63, 3.8) is 0 Å². The number of Topliss-reactive ketones (excluding diaryl/α,β-unsaturated/α-hetero) is 1. The quantitative estimate of drug-likeness (QED) is 0.355. The Bertz CT molecular complexity index is 1320. The van der Waals surface area contributed by atoms with Crippen molar-refractivity contribution in [2.45, 2.75) is 0 Å². The molecule has 0 unspecified atom stereocenters. The van der Waals surface area contributed by atoms with E-state index in [2.05, 4.69) is 0 Å². The van der Waals surface area contributed by atoms with Crippen LogP contribution in [0.5, 0.6) is 0 Å². The van der Waals surface area contributed by atoms with E-state index in [0.717, 1.165) is 30.0 Å². The van der Waals surface area contributed by atoms with Crippen LogP contribution in [0, 0.1) is 23.3 Å². The molecule has 4 nitrogen and oxygen atoms in total. The van der Waals surface area contributed by atoms with Gasteiger partial charge in [0, 0.05) is 36.5 Å². The van der Waals surface area contributed by atoms with Crippen molar-refractivity contribution >= 4 is 29.5 Å². The van der Waals surface area contributed by atoms with E-state index in [-0.39, 0.29) is 41.3 Å². The second-order valence-corrected chi connectivity index (χ2v) is 8.62. The number of ketones is 1. The smallest absolute Gasteiger partial charge is 0.254 e. The fourth-order valence-electron chi connectivity index (χ4n) is 3.87. The molecule has 3 aromatic carbocycles. The second-order valence-electron chi connectivity index (χ2n) is 8.62. The Labute approximate surface area is 205 Å². The van der Waals surface area contributed by atoms with Crippen molar-refractivity contribution in [2.24, 2.45) is 0 Å². The molecular weight excluding hydrogens is 472 g/mol. The zero-order valence-electron chi connectivity index (χ0n) is 19.6. The standard InChI is InChI=1S/C28H22F4N2O2/c1-33(2)22-7-5-19(6-8-22)28(36)34-15-20(11-17-3-9-23(29)25(31)13-17)27(35)21(16-34)12-18-4-10-24(30)26(32)14-18/h3-14H,15-16H2,1-2H3/b20-11+,21-12+. The van der Waals surface area contributed by atoms with Gasteiger partial charge in [0.25, 0.3) is 5.91 Å². The number of rotatable bonds is 4. The van der Waals surface area contributed by atoms with Crippen LogP contribution in [-0.2, 0) is 4.79 Å². The summed E-state index contributed by atoms with van der Waals surface area (Å²) in [5, 5.41) is 0. The highest BCUT2D eigenvalue weighted by Gasteiger charge is 2.30. The average molecular weight is 494 g/mol. The predicted molar refractivity (Wildman–Crippen MR) is 130 cm³/mol. The molecule has 1 saturated heterocycles. The molecule has 1 fully saturated rings. The Hall–Kier alpha value is -4.20. The lowest BCUT2D eigenvalue weighted by molar-refractivity contribution is -0.113. The van der Waals surface area contributed by atoms with Crippen molar-refractivity contribution in [3.8, 4) is 0 Å². The summed E-state index contributed by atoms with van der Waals surface area (Å²) in [7, 11) is 3.75. The van der Waals surface area contributed by atoms with Crippen molar-refractivity contribution in [2.75, 3.05) is 32.1 Å². The number of hydrogen-bond donors (Lipinski definition) is 0. The van der Waals surface area contributed by atoms with Crippen molar-refractivity contribution in [1.82, 2.24) is 4.90 Å². The summed E-state index contributed by atoms with van der Waals surface area (Å²) in [5.74, 6) is -4.97. The lowest BCUT2D eigenvalue weighted by Crippen LogP contribution is -2.41. The second kappa shape index (κ2) is 10.2. The lowest BCUT2D eigenvalue weighted by atomic mass is 9.93. The van der Waals surface area contributed by atoms with Gasteiger partial charge in [0.15, 0.2) is 29.1 Å². The van der Waals surface area contributed by atoms with Crippen molar-refractivity contribution < 1.29 is 27.2 Å². The largest absolute Gasteiger partial charge is 0.378 e. The number of likely N-dealkylation sites (tertiary alicyclic amines) is 1. The first kappa shape index (κ1) is 24.9. The molecule has 8 heteroatoms. The number of amides is 1. The minimum absolute atomic E-state index is 0.0682. The van der Waals surface area contributed by atoms with E-state index in [1.165, 1.54) is 29.2 Å². The first-order chi connectivity index (χ1) is 17.1. The summed E-state index contributed by atoms with van der Waals surface area (Å²) in [6.45, 7) is -0.136. The molecule has 0 spiro atoms. The highest BCUT2D eigenvalue weighted by molar-refractivity contribution is 6.15. The number of piperidine rings is 1. The molecule has 0 N–H and O–H groups in total. The Balaban J connectivity index is 1.73. The van der Waals surface area contributed by atoms with Crippen LogP contribution < -0.4 is 4.90 Å². The van der Waals surface area contributed by atoms with Crippen LogP contribution in [0.2, 0.25) is 0 Å². The Morgan fingerprint density at radius 2 is 1.22 bits per heavy atom. The minimum atomic E-state index is -1.07. The number of benzene rings is 3. The van der Waals surface area contributed by atoms with Crippen LogP contribution in [0.25, 0.3) is 12.2 Å². The summed E-state index contributed by atoms with van der Waals surface area (Å²) in [4.78, 5) is 29.9. The number of carbonyl (C=O) groups excluding carboxylic acids is 2. The van der Waals surface area contributed by atoms with E-state index in [1.807, 2.05) is 19.0 Å². The Morgan fingerprint density at radius 1 is 0.750 bits per heavy atom. The summed E-state index contributed by atoms with van der Waals surface area (Å²) in [6.07, 6.45) is 2.77. The van der Waals surface area contributed by atoms with E-state index >= 15 is 0 Å². The third-order valence-electron chi connectivity index (χ3n) is 5.79. The molecule has 0 aromatic heterocycles. The zero-order valence-corrected chi connectivity index (χ0v) is 19.6. The minimum Gasteiger partial charge on any atom is -0.378 e. The Morgan fingerprint density at radius 3 is 1.64 bits per heavy atom. The zero-order chi connectivity index (χ0) is 26.0. The fraction of sp³-hybridized carbons (Fsp3) is 0.143. The van der Waals surface area contributed by atoms with Crippen LogP contribution in [0.4, 0.5) is 23.2 Å². The van der Waals surface area contributed by atoms with Crippen molar-refractivity contribution in [3.05, 3.63) is 112 Å². The number of halogens is 4. The molecule has 0 atom stereocenters. The van der Waals surface area contributed by atoms with Crippen LogP contribution >= 0.6 is 0 Å². The highest BCUT2D eigenvalue weighted by Crippen LogP contribution is 2.25. The normalized spacial score (nSPS) is 16.1. The van der Waals surface area contributed by atoms with Gasteiger partial charge in [-0.3, -0.25) is 9.59 Å². The fourth-order valence-corrected chi connectivity index (χ4v) is 3.87. The number of nitrogens with zero attached hydrogens (tertiary/aromatic N) is 2. The maximum atomic E-state index is 13.7. The molecular formula is C28H22F4N2O2. The third-order valence-corrected chi connectivity index (χ3v) is 5.79. The van der Waals surface area contributed by atoms with Crippen LogP contribution in [0.3, 0.4) is 0 Å². The van der Waals surface area contributed by atoms with Gasteiger partial charge in [0.1, 0.15) is 0 Å². The number of carbonyl (C=O) groups is 2. The van der Waals surface area contributed by atoms with E-state index in [4.69, 9.17) is 0 Å². The summed E-state index contributed by atoms with van der Waals surface area (Å²) >= 11 is 0. The van der Waals surface area contributed by atoms with Gasteiger partial charge in [0.05, 0.1) is 13.1 Å². The van der Waals surface area contributed by atoms with Gasteiger partial charge in [-0.05, 0) is 71.8 Å². The number of hydrogen-bond acceptors (Lipinski definition) is 3. The van der Waals surface area contributed by atoms with E-state index in [0.29, 0.717) is 5.56 Å². The molecule has 1 amide bonds. The molecule has 0 bridgehead atoms. The van der Waals surface area contributed by atoms with Gasteiger partial charge in [-0.2, -0.15) is 0 Å². The number of anilines is 1. The molecule has 0 aliphatic carbocycles. The maximum Gasteiger partial charge on any atom is 0.254 e. The summed E-state index contributed by atoms with van der Waals surface area (Å²) in [6, 6.07) is 13.4. The molecule has 3 aromatic rings. The summed E-state index contributed by atoms with van der Waals surface area (Å²) < 4.78 is 54.2. The molecule has 0 saturated carbocycles. The van der Waals surface area contributed by atoms with E-state index in [9.17, 15) is 27.2 Å². The first-order valence-corrected chi connectivity index (χ1v) is 11.0. The average Bonchev–Trinajstić information content (AvgIpc) is 2.85. The highest BCUT2D eigenvalue weighted by atomic mass is 19.2. The van der Waals surface area contributed by atoms with E-state index in [1.54, 1.807) is 24.3 Å². The first-order valence-electron chi connectivity index (χ1n) is 11.0. The molecule has 1 heterocycles. The van der Waals surface area contributed by atoms with Crippen LogP contribution in [-0.4, -0.2) is 43.8 Å². The Kier molecular flexibility index (Phi) is 7.05. The molecule has 0 radical (unpaired) electrons. The van der Waals surface area contributed by atoms with Gasteiger partial charge in [0.2, 0.25) is 0 Å². The topological polar surface area (TPSA) is 40.6 Å². The van der Waals surface area contributed by atoms with E-state index < -0.39 is 29.1 Å². The monoisotopic (exact) mass is 494 g/mol. The van der Waals surface area contributed by atoms with Gasteiger partial charge >= 0.3 is 0 Å². The summed E-state index contributed by atoms with van der Waals surface area (Å²) in [5.41, 5.74) is 2.12. The third kappa shape index (κ3) is 5.38. The SMILES string of the molecule is CN(C)c1ccc(C(=O)N2C/C(=C\c3ccc(F)c(F)c3)C(=O)/C(=C/c3ccc(F)c(F)c3)C2)cc1. The van der Waals surface area contributed by atoms with Gasteiger partial charge in [-0.1, -0.05) is 12.1 Å². The molecule has 1 aliphatic heterocycles. The molecule has 36 heavy (non-hydrogen) atoms. The lowest BCUT2D eigenvalue weighted by Gasteiger charge is -2.30. The van der Waals surface area contributed by atoms with Crippen LogP contribution in [0.15, 0.2) is 71.8 Å². The molecule has 184 valence electrons. The molecule has 4 rings (SSSR count). The van der Waals surface area contributed by atoms with Gasteiger partial charge < -0.3 is 9.80 Å². The predicted octanol–water partition coefficient (Wildman–Crippen LogP) is 5.50. The molecule has 1 aliphatic rings. The van der Waals surface area contributed by atoms with Crippen LogP contribution in [0.1, 0.15) is 21.5 Å². The van der Waals surface area contributed by atoms with Gasteiger partial charge in [-0.15, -0.1) is 0 Å². The maximum absolute atomic E-state index is 13.7. The van der Waals surface area contributed by atoms with Crippen molar-refractivity contribution in [1.29, 1.82) is 0 Å².